The topological polar surface area (TPSA) is 87.2 Å². The smallest absolute Gasteiger partial charge is 0.243 e. The molecule has 0 spiro atoms. The predicted molar refractivity (Wildman–Crippen MR) is 108 cm³/mol. The summed E-state index contributed by atoms with van der Waals surface area (Å²) < 4.78 is 0. The highest BCUT2D eigenvalue weighted by Gasteiger charge is 2.50. The maximum Gasteiger partial charge on any atom is 0.243 e. The van der Waals surface area contributed by atoms with Crippen LogP contribution in [0.15, 0.2) is 6.07 Å². The zero-order valence-corrected chi connectivity index (χ0v) is 17.4. The van der Waals surface area contributed by atoms with Crippen molar-refractivity contribution in [3.63, 3.8) is 0 Å². The van der Waals surface area contributed by atoms with Crippen molar-refractivity contribution in [2.75, 3.05) is 19.6 Å². The van der Waals surface area contributed by atoms with E-state index in [1.807, 2.05) is 24.8 Å². The van der Waals surface area contributed by atoms with Crippen LogP contribution in [0.2, 0.25) is 0 Å². The Kier molecular flexibility index (Phi) is 6.55. The number of fused-ring (bicyclic) bond motifs is 4. The van der Waals surface area contributed by atoms with E-state index in [4.69, 9.17) is 0 Å². The Bertz CT molecular complexity index is 723. The summed E-state index contributed by atoms with van der Waals surface area (Å²) in [6.45, 7) is 6.17. The number of hydrogen-bond acceptors (Lipinski definition) is 5. The summed E-state index contributed by atoms with van der Waals surface area (Å²) in [5, 5.41) is 6.53. The summed E-state index contributed by atoms with van der Waals surface area (Å²) in [4.78, 5) is 36.5. The van der Waals surface area contributed by atoms with Crippen molar-refractivity contribution in [2.24, 2.45) is 11.8 Å². The van der Waals surface area contributed by atoms with Gasteiger partial charge in [-0.15, -0.1) is 12.4 Å². The molecule has 8 heteroatoms. The second-order valence-corrected chi connectivity index (χ2v) is 8.23. The fourth-order valence-electron chi connectivity index (χ4n) is 5.16. The van der Waals surface area contributed by atoms with Crippen LogP contribution in [0.1, 0.15) is 42.9 Å². The van der Waals surface area contributed by atoms with E-state index in [0.717, 1.165) is 49.6 Å². The number of amides is 2. The number of hydrogen-bond donors (Lipinski definition) is 2. The average molecular weight is 408 g/mol. The van der Waals surface area contributed by atoms with Crippen molar-refractivity contribution in [3.8, 4) is 0 Å². The van der Waals surface area contributed by atoms with E-state index in [1.54, 1.807) is 0 Å². The summed E-state index contributed by atoms with van der Waals surface area (Å²) in [7, 11) is 0. The van der Waals surface area contributed by atoms with E-state index >= 15 is 0 Å². The maximum absolute atomic E-state index is 13.0. The molecule has 3 aliphatic heterocycles. The molecule has 0 aromatic carbocycles. The van der Waals surface area contributed by atoms with Crippen LogP contribution in [0.25, 0.3) is 0 Å². The highest BCUT2D eigenvalue weighted by Crippen LogP contribution is 2.39. The Morgan fingerprint density at radius 1 is 1.25 bits per heavy atom. The molecule has 3 saturated heterocycles. The van der Waals surface area contributed by atoms with Gasteiger partial charge in [0, 0.05) is 49.3 Å². The maximum atomic E-state index is 13.0. The Hall–Kier alpha value is -1.73. The molecule has 4 rings (SSSR count). The van der Waals surface area contributed by atoms with Crippen molar-refractivity contribution >= 4 is 24.2 Å². The lowest BCUT2D eigenvalue weighted by Gasteiger charge is -2.53. The minimum absolute atomic E-state index is 0. The predicted octanol–water partition coefficient (Wildman–Crippen LogP) is 1.16. The van der Waals surface area contributed by atoms with Gasteiger partial charge in [-0.05, 0) is 51.6 Å². The van der Waals surface area contributed by atoms with Crippen molar-refractivity contribution in [1.82, 2.24) is 25.5 Å². The number of halogens is 1. The monoisotopic (exact) mass is 407 g/mol. The zero-order valence-electron chi connectivity index (χ0n) is 16.6. The molecular formula is C20H30ClN5O2. The van der Waals surface area contributed by atoms with E-state index in [1.165, 1.54) is 0 Å². The Labute approximate surface area is 172 Å². The molecule has 2 bridgehead atoms. The van der Waals surface area contributed by atoms with Gasteiger partial charge in [-0.3, -0.25) is 9.59 Å². The molecule has 154 valence electrons. The minimum atomic E-state index is -0.341. The second kappa shape index (κ2) is 8.74. The molecule has 1 aromatic rings. The standard InChI is InChI=1S/C20H29N5O2.ClH/c1-12-8-13(2)24-17(23-12)6-7-22-20(27)19-15-9-14(10-21-11-15)16-4-3-5-18(26)25(16)19;/h8,14-16,19,21H,3-7,9-11H2,1-2H3,(H,22,27);1H/t14-,15+,16+,19-;/m1./s1. The van der Waals surface area contributed by atoms with E-state index in [2.05, 4.69) is 20.6 Å². The molecule has 1 aromatic heterocycles. The van der Waals surface area contributed by atoms with E-state index in [9.17, 15) is 9.59 Å². The van der Waals surface area contributed by atoms with E-state index in [-0.39, 0.29) is 42.2 Å². The van der Waals surface area contributed by atoms with Crippen LogP contribution >= 0.6 is 12.4 Å². The molecule has 3 fully saturated rings. The first kappa shape index (κ1) is 21.0. The first-order valence-electron chi connectivity index (χ1n) is 10.1. The van der Waals surface area contributed by atoms with Crippen LogP contribution in [0.5, 0.6) is 0 Å². The second-order valence-electron chi connectivity index (χ2n) is 8.23. The number of rotatable bonds is 4. The quantitative estimate of drug-likeness (QED) is 0.782. The van der Waals surface area contributed by atoms with E-state index < -0.39 is 0 Å². The Morgan fingerprint density at radius 2 is 1.96 bits per heavy atom. The largest absolute Gasteiger partial charge is 0.354 e. The Morgan fingerprint density at radius 3 is 2.71 bits per heavy atom. The summed E-state index contributed by atoms with van der Waals surface area (Å²) in [6.07, 6.45) is 4.18. The van der Waals surface area contributed by atoms with Crippen molar-refractivity contribution in [2.45, 2.75) is 58.0 Å². The molecule has 2 N–H and O–H groups in total. The molecule has 3 aliphatic rings. The van der Waals surface area contributed by atoms with Gasteiger partial charge in [-0.2, -0.15) is 0 Å². The third kappa shape index (κ3) is 4.15. The van der Waals surface area contributed by atoms with Crippen LogP contribution < -0.4 is 10.6 Å². The lowest BCUT2D eigenvalue weighted by atomic mass is 9.72. The van der Waals surface area contributed by atoms with Crippen molar-refractivity contribution in [3.05, 3.63) is 23.3 Å². The lowest BCUT2D eigenvalue weighted by Crippen LogP contribution is -2.68. The molecular weight excluding hydrogens is 378 g/mol. The van der Waals surface area contributed by atoms with Gasteiger partial charge in [0.25, 0.3) is 0 Å². The molecule has 0 aliphatic carbocycles. The number of aromatic nitrogens is 2. The van der Waals surface area contributed by atoms with Crippen LogP contribution in [0.4, 0.5) is 0 Å². The fraction of sp³-hybridized carbons (Fsp3) is 0.700. The summed E-state index contributed by atoms with van der Waals surface area (Å²) in [5.74, 6) is 1.58. The van der Waals surface area contributed by atoms with Crippen LogP contribution in [-0.2, 0) is 16.0 Å². The highest BCUT2D eigenvalue weighted by atomic mass is 35.5. The van der Waals surface area contributed by atoms with Gasteiger partial charge >= 0.3 is 0 Å². The molecule has 7 nitrogen and oxygen atoms in total. The number of nitrogens with one attached hydrogen (secondary N) is 2. The number of piperidine rings is 3. The third-order valence-corrected chi connectivity index (χ3v) is 6.19. The first-order valence-corrected chi connectivity index (χ1v) is 10.1. The van der Waals surface area contributed by atoms with Gasteiger partial charge in [0.15, 0.2) is 0 Å². The Balaban J connectivity index is 0.00000225. The van der Waals surface area contributed by atoms with Gasteiger partial charge < -0.3 is 15.5 Å². The minimum Gasteiger partial charge on any atom is -0.354 e. The normalized spacial score (nSPS) is 28.9. The number of aryl methyl sites for hydroxylation is 2. The molecule has 4 atom stereocenters. The summed E-state index contributed by atoms with van der Waals surface area (Å²) >= 11 is 0. The fourth-order valence-corrected chi connectivity index (χ4v) is 5.16. The van der Waals surface area contributed by atoms with Gasteiger partial charge in [0.05, 0.1) is 0 Å². The molecule has 2 amide bonds. The van der Waals surface area contributed by atoms with Crippen molar-refractivity contribution < 1.29 is 9.59 Å². The van der Waals surface area contributed by atoms with Crippen molar-refractivity contribution in [1.29, 1.82) is 0 Å². The average Bonchev–Trinajstić information content (AvgIpc) is 2.62. The number of carbonyl (C=O) groups excluding carboxylic acids is 2. The number of carbonyl (C=O) groups is 2. The van der Waals surface area contributed by atoms with Gasteiger partial charge in [0.2, 0.25) is 11.8 Å². The zero-order chi connectivity index (χ0) is 19.0. The SMILES string of the molecule is Cc1cc(C)nc(CCNC(=O)[C@H]2[C@@H]3CNC[C@@H](C3)[C@@H]3CCCC(=O)N32)n1.Cl. The molecule has 28 heavy (non-hydrogen) atoms. The molecule has 0 radical (unpaired) electrons. The molecule has 4 heterocycles. The third-order valence-electron chi connectivity index (χ3n) is 6.19. The molecule has 0 unspecified atom stereocenters. The summed E-state index contributed by atoms with van der Waals surface area (Å²) in [5.41, 5.74) is 1.88. The lowest BCUT2D eigenvalue weighted by molar-refractivity contribution is -0.157. The van der Waals surface area contributed by atoms with Crippen LogP contribution in [0.3, 0.4) is 0 Å². The van der Waals surface area contributed by atoms with Gasteiger partial charge in [-0.25, -0.2) is 9.97 Å². The van der Waals surface area contributed by atoms with Crippen LogP contribution in [-0.4, -0.2) is 58.4 Å². The van der Waals surface area contributed by atoms with Gasteiger partial charge in [-0.1, -0.05) is 0 Å². The molecule has 0 saturated carbocycles. The summed E-state index contributed by atoms with van der Waals surface area (Å²) in [6, 6.07) is 1.82. The van der Waals surface area contributed by atoms with Gasteiger partial charge in [0.1, 0.15) is 11.9 Å². The first-order chi connectivity index (χ1) is 13.0. The van der Waals surface area contributed by atoms with Crippen LogP contribution in [0, 0.1) is 25.7 Å². The van der Waals surface area contributed by atoms with E-state index in [0.29, 0.717) is 25.3 Å². The highest BCUT2D eigenvalue weighted by molar-refractivity contribution is 5.89. The number of nitrogens with zero attached hydrogens (tertiary/aromatic N) is 3.